The van der Waals surface area contributed by atoms with Crippen molar-refractivity contribution in [3.63, 3.8) is 0 Å². The Hall–Kier alpha value is -0.170. The molecule has 14 heavy (non-hydrogen) atoms. The van der Waals surface area contributed by atoms with Crippen LogP contribution in [0.2, 0.25) is 0 Å². The summed E-state index contributed by atoms with van der Waals surface area (Å²) in [6, 6.07) is 0. The van der Waals surface area contributed by atoms with Crippen molar-refractivity contribution in [2.45, 2.75) is 25.0 Å². The third-order valence-electron chi connectivity index (χ3n) is 2.76. The van der Waals surface area contributed by atoms with Crippen LogP contribution in [0.4, 0.5) is 0 Å². The quantitative estimate of drug-likeness (QED) is 0.625. The molecule has 1 aliphatic heterocycles. The summed E-state index contributed by atoms with van der Waals surface area (Å²) in [5.41, 5.74) is 0. The molecule has 82 valence electrons. The maximum atomic E-state index is 11.7. The zero-order valence-electron chi connectivity index (χ0n) is 7.83. The Morgan fingerprint density at radius 3 is 2.07 bits per heavy atom. The molecule has 0 amide bonds. The first-order valence-corrected chi connectivity index (χ1v) is 6.44. The van der Waals surface area contributed by atoms with Crippen molar-refractivity contribution in [3.8, 4) is 0 Å². The molecule has 6 heteroatoms. The Morgan fingerprint density at radius 1 is 1.14 bits per heavy atom. The molecule has 1 saturated carbocycles. The van der Waals surface area contributed by atoms with Crippen LogP contribution in [0.15, 0.2) is 0 Å². The summed E-state index contributed by atoms with van der Waals surface area (Å²) >= 11 is 0. The van der Waals surface area contributed by atoms with E-state index in [0.717, 1.165) is 12.8 Å². The van der Waals surface area contributed by atoms with Crippen molar-refractivity contribution in [1.29, 1.82) is 0 Å². The fourth-order valence-electron chi connectivity index (χ4n) is 1.65. The highest BCUT2D eigenvalue weighted by molar-refractivity contribution is 7.89. The minimum absolute atomic E-state index is 0.0379. The number of hydrogen-bond donors (Lipinski definition) is 2. The van der Waals surface area contributed by atoms with E-state index in [0.29, 0.717) is 5.92 Å². The molecule has 2 aliphatic rings. The van der Waals surface area contributed by atoms with Crippen molar-refractivity contribution in [2.24, 2.45) is 5.92 Å². The van der Waals surface area contributed by atoms with Crippen LogP contribution < -0.4 is 0 Å². The van der Waals surface area contributed by atoms with E-state index >= 15 is 0 Å². The Labute approximate surface area is 83.4 Å². The summed E-state index contributed by atoms with van der Waals surface area (Å²) in [5, 5.41) is 18.5. The molecular weight excluding hydrogens is 206 g/mol. The maximum Gasteiger partial charge on any atom is 0.214 e. The summed E-state index contributed by atoms with van der Waals surface area (Å²) in [7, 11) is -3.25. The van der Waals surface area contributed by atoms with Crippen LogP contribution in [0, 0.1) is 5.92 Å². The molecule has 2 rings (SSSR count). The zero-order chi connectivity index (χ0) is 10.3. The number of sulfonamides is 1. The van der Waals surface area contributed by atoms with Crippen molar-refractivity contribution < 1.29 is 18.6 Å². The number of β-amino-alcohol motifs (C(OH)–C–C–N with tert-alkyl or cyclic N) is 2. The van der Waals surface area contributed by atoms with Crippen molar-refractivity contribution in [3.05, 3.63) is 0 Å². The molecule has 0 radical (unpaired) electrons. The van der Waals surface area contributed by atoms with E-state index in [1.165, 1.54) is 4.31 Å². The number of nitrogens with zero attached hydrogens (tertiary/aromatic N) is 1. The third-order valence-corrected chi connectivity index (χ3v) is 4.74. The van der Waals surface area contributed by atoms with Gasteiger partial charge in [0, 0.05) is 13.1 Å². The van der Waals surface area contributed by atoms with Crippen LogP contribution in [0.25, 0.3) is 0 Å². The predicted octanol–water partition coefficient (Wildman–Crippen LogP) is -1.24. The maximum absolute atomic E-state index is 11.7. The Morgan fingerprint density at radius 2 is 1.64 bits per heavy atom. The molecular formula is C8H15NO4S. The van der Waals surface area contributed by atoms with E-state index in [2.05, 4.69) is 0 Å². The Kier molecular flexibility index (Phi) is 2.55. The molecule has 5 nitrogen and oxygen atoms in total. The fourth-order valence-corrected chi connectivity index (χ4v) is 3.55. The summed E-state index contributed by atoms with van der Waals surface area (Å²) in [6.07, 6.45) is 0.115. The standard InChI is InChI=1S/C8H15NO4S/c10-7-3-9(4-8(7)11)14(12,13)5-6-1-2-6/h6-8,10-11H,1-5H2. The van der Waals surface area contributed by atoms with Gasteiger partial charge in [-0.1, -0.05) is 0 Å². The SMILES string of the molecule is O=S(=O)(CC1CC1)N1CC(O)C(O)C1. The van der Waals surface area contributed by atoms with Gasteiger partial charge < -0.3 is 10.2 Å². The van der Waals surface area contributed by atoms with Crippen LogP contribution in [-0.4, -0.2) is 54.0 Å². The molecule has 2 unspecified atom stereocenters. The topological polar surface area (TPSA) is 77.8 Å². The van der Waals surface area contributed by atoms with Gasteiger partial charge in [0.15, 0.2) is 0 Å². The highest BCUT2D eigenvalue weighted by atomic mass is 32.2. The number of aliphatic hydroxyl groups is 2. The summed E-state index contributed by atoms with van der Waals surface area (Å²) in [5.74, 6) is 0.474. The average molecular weight is 221 g/mol. The summed E-state index contributed by atoms with van der Waals surface area (Å²) < 4.78 is 24.6. The van der Waals surface area contributed by atoms with Crippen LogP contribution in [-0.2, 0) is 10.0 Å². The number of hydrogen-bond acceptors (Lipinski definition) is 4. The van der Waals surface area contributed by atoms with Gasteiger partial charge in [-0.15, -0.1) is 0 Å². The fraction of sp³-hybridized carbons (Fsp3) is 1.00. The second kappa shape index (κ2) is 3.44. The first kappa shape index (κ1) is 10.4. The van der Waals surface area contributed by atoms with Crippen molar-refractivity contribution >= 4 is 10.0 Å². The van der Waals surface area contributed by atoms with Crippen LogP contribution >= 0.6 is 0 Å². The number of aliphatic hydroxyl groups excluding tert-OH is 2. The third kappa shape index (κ3) is 2.08. The van der Waals surface area contributed by atoms with Gasteiger partial charge in [0.05, 0.1) is 18.0 Å². The molecule has 0 spiro atoms. The second-order valence-corrected chi connectivity index (χ2v) is 6.19. The highest BCUT2D eigenvalue weighted by Gasteiger charge is 2.39. The number of rotatable bonds is 3. The van der Waals surface area contributed by atoms with Gasteiger partial charge in [-0.05, 0) is 18.8 Å². The van der Waals surface area contributed by atoms with E-state index < -0.39 is 22.2 Å². The first-order chi connectivity index (χ1) is 6.49. The van der Waals surface area contributed by atoms with Gasteiger partial charge in [-0.2, -0.15) is 4.31 Å². The van der Waals surface area contributed by atoms with Gasteiger partial charge in [0.2, 0.25) is 10.0 Å². The van der Waals surface area contributed by atoms with Crippen molar-refractivity contribution in [2.75, 3.05) is 18.8 Å². The minimum Gasteiger partial charge on any atom is -0.389 e. The van der Waals surface area contributed by atoms with Crippen LogP contribution in [0.5, 0.6) is 0 Å². The van der Waals surface area contributed by atoms with E-state index in [1.54, 1.807) is 0 Å². The largest absolute Gasteiger partial charge is 0.389 e. The molecule has 1 aliphatic carbocycles. The van der Waals surface area contributed by atoms with E-state index in [9.17, 15) is 18.6 Å². The van der Waals surface area contributed by atoms with Gasteiger partial charge in [0.1, 0.15) is 0 Å². The molecule has 2 N–H and O–H groups in total. The lowest BCUT2D eigenvalue weighted by Gasteiger charge is -2.14. The molecule has 2 atom stereocenters. The monoisotopic (exact) mass is 221 g/mol. The van der Waals surface area contributed by atoms with E-state index in [4.69, 9.17) is 0 Å². The lowest BCUT2D eigenvalue weighted by Crippen LogP contribution is -2.32. The molecule has 1 saturated heterocycles. The summed E-state index contributed by atoms with van der Waals surface area (Å²) in [4.78, 5) is 0. The van der Waals surface area contributed by atoms with Crippen molar-refractivity contribution in [1.82, 2.24) is 4.31 Å². The molecule has 2 fully saturated rings. The molecule has 0 aromatic heterocycles. The lowest BCUT2D eigenvalue weighted by atomic mass is 10.3. The average Bonchev–Trinajstić information content (AvgIpc) is 2.79. The van der Waals surface area contributed by atoms with Gasteiger partial charge in [-0.3, -0.25) is 0 Å². The molecule has 0 bridgehead atoms. The van der Waals surface area contributed by atoms with Crippen LogP contribution in [0.1, 0.15) is 12.8 Å². The first-order valence-electron chi connectivity index (χ1n) is 4.83. The normalized spacial score (nSPS) is 35.0. The molecule has 1 heterocycles. The predicted molar refractivity (Wildman–Crippen MR) is 50.1 cm³/mol. The van der Waals surface area contributed by atoms with Gasteiger partial charge in [-0.25, -0.2) is 8.42 Å². The molecule has 0 aromatic carbocycles. The lowest BCUT2D eigenvalue weighted by molar-refractivity contribution is 0.0572. The smallest absolute Gasteiger partial charge is 0.214 e. The van der Waals surface area contributed by atoms with E-state index in [-0.39, 0.29) is 18.8 Å². The van der Waals surface area contributed by atoms with Gasteiger partial charge in [0.25, 0.3) is 0 Å². The van der Waals surface area contributed by atoms with E-state index in [1.807, 2.05) is 0 Å². The zero-order valence-corrected chi connectivity index (χ0v) is 8.65. The highest BCUT2D eigenvalue weighted by Crippen LogP contribution is 2.31. The van der Waals surface area contributed by atoms with Gasteiger partial charge >= 0.3 is 0 Å². The second-order valence-electron chi connectivity index (χ2n) is 4.17. The summed E-state index contributed by atoms with van der Waals surface area (Å²) in [6.45, 7) is 0.0758. The Balaban J connectivity index is 2.00. The van der Waals surface area contributed by atoms with Crippen LogP contribution in [0.3, 0.4) is 0 Å². The molecule has 0 aromatic rings. The Bertz CT molecular complexity index is 301. The minimum atomic E-state index is -3.25.